The average Bonchev–Trinajstić information content (AvgIpc) is 2.75. The second-order valence-electron chi connectivity index (χ2n) is 8.32. The fourth-order valence-corrected chi connectivity index (χ4v) is 3.91. The van der Waals surface area contributed by atoms with E-state index in [1.165, 1.54) is 0 Å². The zero-order chi connectivity index (χ0) is 25.1. The van der Waals surface area contributed by atoms with Crippen molar-refractivity contribution in [3.8, 4) is 5.75 Å². The molecule has 2 aromatic carbocycles. The van der Waals surface area contributed by atoms with Crippen LogP contribution in [0, 0.1) is 6.92 Å². The van der Waals surface area contributed by atoms with Crippen LogP contribution in [-0.4, -0.2) is 30.9 Å². The van der Waals surface area contributed by atoms with E-state index in [1.54, 1.807) is 0 Å². The number of benzene rings is 2. The fourth-order valence-electron chi connectivity index (χ4n) is 3.91. The van der Waals surface area contributed by atoms with E-state index in [2.05, 4.69) is 0 Å². The summed E-state index contributed by atoms with van der Waals surface area (Å²) in [6.45, 7) is 2.98. The van der Waals surface area contributed by atoms with E-state index in [0.717, 1.165) is 22.8 Å². The Morgan fingerprint density at radius 3 is 2.32 bits per heavy atom. The molecule has 0 fully saturated rings. The number of ether oxygens (including phenoxy) is 2. The lowest BCUT2D eigenvalue weighted by Crippen LogP contribution is -2.20. The summed E-state index contributed by atoms with van der Waals surface area (Å²) < 4.78 is 80.9. The van der Waals surface area contributed by atoms with Gasteiger partial charge in [-0.15, -0.1) is 0 Å². The van der Waals surface area contributed by atoms with Gasteiger partial charge in [0.15, 0.2) is 0 Å². The molecule has 2 aromatic rings. The quantitative estimate of drug-likeness (QED) is 0.441. The van der Waals surface area contributed by atoms with E-state index in [9.17, 15) is 26.7 Å². The first-order valence-electron chi connectivity index (χ1n) is 10.7. The first-order chi connectivity index (χ1) is 15.9. The Hall–Kier alpha value is -2.94. The standard InChI is InChI=1S/C25H25F5O4/c1-15-3-5-16(6-4-15)19-9-10-33-13-17(19)14-34-18-11-21(24(2,26)27)20(7-8-23(31)32)22(12-18)25(28,29)30/h3-6,11-12H,7-10,13-14H2,1-2H3,(H,31,32). The van der Waals surface area contributed by atoms with Gasteiger partial charge in [-0.3, -0.25) is 4.79 Å². The third kappa shape index (κ3) is 6.34. The molecule has 0 amide bonds. The third-order valence-electron chi connectivity index (χ3n) is 5.60. The monoisotopic (exact) mass is 484 g/mol. The van der Waals surface area contributed by atoms with E-state index in [0.29, 0.717) is 31.6 Å². The Morgan fingerprint density at radius 1 is 1.09 bits per heavy atom. The van der Waals surface area contributed by atoms with Crippen LogP contribution in [0.25, 0.3) is 5.57 Å². The van der Waals surface area contributed by atoms with Crippen LogP contribution in [0.4, 0.5) is 22.0 Å². The average molecular weight is 484 g/mol. The minimum Gasteiger partial charge on any atom is -0.489 e. The maximum atomic E-state index is 14.3. The van der Waals surface area contributed by atoms with Gasteiger partial charge in [0.25, 0.3) is 5.92 Å². The zero-order valence-electron chi connectivity index (χ0n) is 18.8. The van der Waals surface area contributed by atoms with Crippen molar-refractivity contribution in [2.24, 2.45) is 0 Å². The molecule has 0 aliphatic carbocycles. The van der Waals surface area contributed by atoms with Gasteiger partial charge in [0, 0.05) is 18.9 Å². The molecule has 0 saturated heterocycles. The molecule has 1 heterocycles. The number of alkyl halides is 5. The fraction of sp³-hybridized carbons (Fsp3) is 0.400. The Labute approximate surface area is 194 Å². The molecule has 0 saturated carbocycles. The van der Waals surface area contributed by atoms with E-state index < -0.39 is 47.6 Å². The number of carboxylic acids is 1. The minimum atomic E-state index is -4.96. The Kier molecular flexibility index (Phi) is 7.65. The molecule has 1 aliphatic rings. The number of aliphatic carboxylic acids is 1. The summed E-state index contributed by atoms with van der Waals surface area (Å²) in [5.74, 6) is -5.39. The first-order valence-corrected chi connectivity index (χ1v) is 10.7. The molecule has 1 aliphatic heterocycles. The lowest BCUT2D eigenvalue weighted by Gasteiger charge is -2.24. The molecule has 1 N–H and O–H groups in total. The van der Waals surface area contributed by atoms with E-state index in [-0.39, 0.29) is 19.0 Å². The number of carbonyl (C=O) groups is 1. The van der Waals surface area contributed by atoms with E-state index in [4.69, 9.17) is 14.6 Å². The predicted molar refractivity (Wildman–Crippen MR) is 116 cm³/mol. The highest BCUT2D eigenvalue weighted by Crippen LogP contribution is 2.42. The van der Waals surface area contributed by atoms with Crippen LogP contribution in [0.5, 0.6) is 5.75 Å². The van der Waals surface area contributed by atoms with Gasteiger partial charge >= 0.3 is 12.1 Å². The van der Waals surface area contributed by atoms with Gasteiger partial charge in [0.05, 0.1) is 18.8 Å². The molecule has 4 nitrogen and oxygen atoms in total. The smallest absolute Gasteiger partial charge is 0.416 e. The maximum absolute atomic E-state index is 14.3. The molecule has 0 radical (unpaired) electrons. The minimum absolute atomic E-state index is 0.135. The van der Waals surface area contributed by atoms with Gasteiger partial charge in [-0.05, 0) is 54.2 Å². The highest BCUT2D eigenvalue weighted by atomic mass is 19.4. The molecule has 34 heavy (non-hydrogen) atoms. The van der Waals surface area contributed by atoms with Crippen molar-refractivity contribution < 1.29 is 41.3 Å². The first kappa shape index (κ1) is 25.7. The number of hydrogen-bond donors (Lipinski definition) is 1. The summed E-state index contributed by atoms with van der Waals surface area (Å²) in [6.07, 6.45) is -5.77. The Morgan fingerprint density at radius 2 is 1.74 bits per heavy atom. The second-order valence-corrected chi connectivity index (χ2v) is 8.32. The van der Waals surface area contributed by atoms with E-state index >= 15 is 0 Å². The van der Waals surface area contributed by atoms with Crippen molar-refractivity contribution in [3.05, 3.63) is 69.8 Å². The molecular formula is C25H25F5O4. The lowest BCUT2D eigenvalue weighted by atomic mass is 9.92. The number of carboxylic acid groups (broad SMARTS) is 1. The van der Waals surface area contributed by atoms with Gasteiger partial charge in [0.1, 0.15) is 12.4 Å². The summed E-state index contributed by atoms with van der Waals surface area (Å²) >= 11 is 0. The van der Waals surface area contributed by atoms with Crippen molar-refractivity contribution in [2.75, 3.05) is 19.8 Å². The van der Waals surface area contributed by atoms with Crippen molar-refractivity contribution in [1.82, 2.24) is 0 Å². The molecular weight excluding hydrogens is 459 g/mol. The summed E-state index contributed by atoms with van der Waals surface area (Å²) in [4.78, 5) is 10.9. The summed E-state index contributed by atoms with van der Waals surface area (Å²) in [5, 5.41) is 8.87. The summed E-state index contributed by atoms with van der Waals surface area (Å²) in [6, 6.07) is 9.27. The number of halogens is 5. The zero-order valence-corrected chi connectivity index (χ0v) is 18.8. The number of rotatable bonds is 8. The van der Waals surface area contributed by atoms with Gasteiger partial charge in [-0.2, -0.15) is 13.2 Å². The van der Waals surface area contributed by atoms with Crippen LogP contribution >= 0.6 is 0 Å². The third-order valence-corrected chi connectivity index (χ3v) is 5.60. The molecule has 0 bridgehead atoms. The summed E-state index contributed by atoms with van der Waals surface area (Å²) in [7, 11) is 0. The molecule has 0 spiro atoms. The molecule has 3 rings (SSSR count). The Bertz CT molecular complexity index is 1030. The maximum Gasteiger partial charge on any atom is 0.416 e. The topological polar surface area (TPSA) is 55.8 Å². The number of aryl methyl sites for hydroxylation is 1. The number of hydrogen-bond acceptors (Lipinski definition) is 3. The van der Waals surface area contributed by atoms with Gasteiger partial charge in [-0.1, -0.05) is 29.8 Å². The van der Waals surface area contributed by atoms with Crippen LogP contribution in [-0.2, 0) is 28.1 Å². The summed E-state index contributed by atoms with van der Waals surface area (Å²) in [5.41, 5.74) is 0.708. The van der Waals surface area contributed by atoms with Crippen molar-refractivity contribution >= 4 is 11.5 Å². The van der Waals surface area contributed by atoms with Gasteiger partial charge in [-0.25, -0.2) is 8.78 Å². The highest BCUT2D eigenvalue weighted by Gasteiger charge is 2.39. The van der Waals surface area contributed by atoms with Crippen molar-refractivity contribution in [2.45, 2.75) is 45.2 Å². The highest BCUT2D eigenvalue weighted by molar-refractivity contribution is 5.70. The lowest BCUT2D eigenvalue weighted by molar-refractivity contribution is -0.140. The van der Waals surface area contributed by atoms with Crippen molar-refractivity contribution in [1.29, 1.82) is 0 Å². The molecule has 0 atom stereocenters. The predicted octanol–water partition coefficient (Wildman–Crippen LogP) is 6.40. The SMILES string of the molecule is Cc1ccc(C2=C(COc3cc(C(C)(F)F)c(CCC(=O)O)c(C(F)(F)F)c3)COCC2)cc1. The van der Waals surface area contributed by atoms with Crippen LogP contribution in [0.2, 0.25) is 0 Å². The molecule has 184 valence electrons. The second kappa shape index (κ2) is 10.1. The van der Waals surface area contributed by atoms with Crippen LogP contribution in [0.15, 0.2) is 42.0 Å². The van der Waals surface area contributed by atoms with Crippen LogP contribution in [0.1, 0.15) is 47.6 Å². The van der Waals surface area contributed by atoms with E-state index in [1.807, 2.05) is 31.2 Å². The molecule has 9 heteroatoms. The normalized spacial score (nSPS) is 14.9. The Balaban J connectivity index is 1.99. The van der Waals surface area contributed by atoms with Gasteiger partial charge in [0.2, 0.25) is 0 Å². The van der Waals surface area contributed by atoms with Crippen LogP contribution in [0.3, 0.4) is 0 Å². The van der Waals surface area contributed by atoms with Crippen molar-refractivity contribution in [3.63, 3.8) is 0 Å². The molecule has 0 aromatic heterocycles. The largest absolute Gasteiger partial charge is 0.489 e. The van der Waals surface area contributed by atoms with Gasteiger partial charge < -0.3 is 14.6 Å². The van der Waals surface area contributed by atoms with Crippen LogP contribution < -0.4 is 4.74 Å². The molecule has 0 unspecified atom stereocenters.